The molecule has 0 amide bonds. The zero-order valence-electron chi connectivity index (χ0n) is 15.9. The van der Waals surface area contributed by atoms with Gasteiger partial charge < -0.3 is 16.0 Å². The van der Waals surface area contributed by atoms with Gasteiger partial charge in [0.25, 0.3) is 0 Å². The van der Waals surface area contributed by atoms with Crippen LogP contribution in [0.4, 0.5) is 5.82 Å². The van der Waals surface area contributed by atoms with Crippen molar-refractivity contribution in [1.29, 1.82) is 0 Å². The summed E-state index contributed by atoms with van der Waals surface area (Å²) in [5.74, 6) is 0.829. The lowest BCUT2D eigenvalue weighted by atomic mass is 10.1. The van der Waals surface area contributed by atoms with Crippen LogP contribution in [0.25, 0.3) is 33.8 Å². The average Bonchev–Trinajstić information content (AvgIpc) is 3.30. The number of hydrogen-bond acceptors (Lipinski definition) is 7. The van der Waals surface area contributed by atoms with Gasteiger partial charge in [0, 0.05) is 23.3 Å². The van der Waals surface area contributed by atoms with Crippen LogP contribution < -0.4 is 11.5 Å². The van der Waals surface area contributed by atoms with Gasteiger partial charge in [0.15, 0.2) is 17.3 Å². The Kier molecular flexibility index (Phi) is 5.73. The van der Waals surface area contributed by atoms with Crippen LogP contribution in [0.1, 0.15) is 25.7 Å². The fourth-order valence-electron chi connectivity index (χ4n) is 3.42. The van der Waals surface area contributed by atoms with Crippen molar-refractivity contribution in [3.63, 3.8) is 0 Å². The number of benzene rings is 1. The van der Waals surface area contributed by atoms with E-state index >= 15 is 0 Å². The van der Waals surface area contributed by atoms with Gasteiger partial charge in [0.1, 0.15) is 5.52 Å². The number of aromatic nitrogens is 5. The Labute approximate surface area is 172 Å². The van der Waals surface area contributed by atoms with Crippen LogP contribution in [-0.4, -0.2) is 31.4 Å². The molecule has 0 saturated carbocycles. The van der Waals surface area contributed by atoms with Gasteiger partial charge in [0.2, 0.25) is 0 Å². The van der Waals surface area contributed by atoms with Crippen LogP contribution in [0.5, 0.6) is 0 Å². The summed E-state index contributed by atoms with van der Waals surface area (Å²) in [6, 6.07) is 9.51. The first kappa shape index (κ1) is 19.4. The van der Waals surface area contributed by atoms with Crippen LogP contribution in [0.3, 0.4) is 0 Å². The lowest BCUT2D eigenvalue weighted by Gasteiger charge is -2.08. The molecule has 0 spiro atoms. The first-order valence-electron chi connectivity index (χ1n) is 9.58. The van der Waals surface area contributed by atoms with Gasteiger partial charge >= 0.3 is 0 Å². The second-order valence-corrected chi connectivity index (χ2v) is 7.26. The number of anilines is 1. The largest absolute Gasteiger partial charge is 0.379 e. The Morgan fingerprint density at radius 2 is 1.90 bits per heavy atom. The van der Waals surface area contributed by atoms with Crippen LogP contribution in [0.2, 0.25) is 5.02 Å². The lowest BCUT2D eigenvalue weighted by molar-refractivity contribution is 0.310. The molecule has 9 heteroatoms. The quantitative estimate of drug-likeness (QED) is 0.421. The molecule has 0 aliphatic rings. The van der Waals surface area contributed by atoms with Crippen molar-refractivity contribution >= 4 is 28.5 Å². The van der Waals surface area contributed by atoms with E-state index in [4.69, 9.17) is 32.7 Å². The van der Waals surface area contributed by atoms with Crippen molar-refractivity contribution in [2.45, 2.75) is 32.2 Å². The molecular formula is C20H22ClN7O. The van der Waals surface area contributed by atoms with E-state index in [1.807, 2.05) is 30.3 Å². The van der Waals surface area contributed by atoms with Gasteiger partial charge in [-0.25, -0.2) is 9.61 Å². The van der Waals surface area contributed by atoms with Crippen LogP contribution >= 0.6 is 11.6 Å². The third kappa shape index (κ3) is 3.94. The minimum Gasteiger partial charge on any atom is -0.379 e. The van der Waals surface area contributed by atoms with Gasteiger partial charge in [0.05, 0.1) is 11.2 Å². The molecule has 8 nitrogen and oxygen atoms in total. The molecule has 0 fully saturated rings. The summed E-state index contributed by atoms with van der Waals surface area (Å²) in [5.41, 5.74) is 15.3. The summed E-state index contributed by atoms with van der Waals surface area (Å²) in [5, 5.41) is 8.32. The molecule has 3 aromatic heterocycles. The van der Waals surface area contributed by atoms with Gasteiger partial charge in [-0.3, -0.25) is 4.98 Å². The van der Waals surface area contributed by atoms with Crippen molar-refractivity contribution in [1.82, 2.24) is 24.8 Å². The second kappa shape index (κ2) is 8.59. The minimum absolute atomic E-state index is 0.210. The number of nitrogen functional groups attached to an aromatic ring is 1. The third-order valence-electron chi connectivity index (χ3n) is 4.83. The van der Waals surface area contributed by atoms with Crippen molar-refractivity contribution in [3.8, 4) is 22.8 Å². The number of hydrogen-bond donors (Lipinski definition) is 2. The number of rotatable bonds is 8. The Balaban J connectivity index is 1.80. The van der Waals surface area contributed by atoms with Crippen LogP contribution in [-0.2, 0) is 6.54 Å². The first-order valence-corrected chi connectivity index (χ1v) is 9.96. The van der Waals surface area contributed by atoms with E-state index < -0.39 is 0 Å². The van der Waals surface area contributed by atoms with E-state index in [2.05, 4.69) is 19.9 Å². The standard InChI is InChI=1S/C20H22ClN7O/c21-14-7-5-6-13(12-14)16-17-15(8-10-24-16)28(11-4-2-1-3-9-22)20(25-17)18-19(23)27-29-26-18/h5-8,10,12H,1-4,9,11,22H2,(H2,23,27). The molecule has 0 aliphatic heterocycles. The van der Waals surface area contributed by atoms with E-state index in [1.165, 1.54) is 0 Å². The summed E-state index contributed by atoms with van der Waals surface area (Å²) >= 11 is 6.19. The summed E-state index contributed by atoms with van der Waals surface area (Å²) in [6.07, 6.45) is 5.97. The number of halogens is 1. The van der Waals surface area contributed by atoms with E-state index in [-0.39, 0.29) is 5.82 Å². The third-order valence-corrected chi connectivity index (χ3v) is 5.06. The van der Waals surface area contributed by atoms with E-state index in [0.29, 0.717) is 16.5 Å². The highest BCUT2D eigenvalue weighted by atomic mass is 35.5. The summed E-state index contributed by atoms with van der Waals surface area (Å²) in [6.45, 7) is 1.48. The molecule has 0 saturated heterocycles. The zero-order chi connectivity index (χ0) is 20.2. The number of nitrogens with two attached hydrogens (primary N) is 2. The summed E-state index contributed by atoms with van der Waals surface area (Å²) in [4.78, 5) is 9.39. The van der Waals surface area contributed by atoms with Crippen LogP contribution in [0, 0.1) is 0 Å². The Bertz CT molecular complexity index is 1120. The fourth-order valence-corrected chi connectivity index (χ4v) is 3.62. The normalized spacial score (nSPS) is 11.4. The molecule has 0 unspecified atom stereocenters. The molecule has 4 N–H and O–H groups in total. The van der Waals surface area contributed by atoms with E-state index in [1.54, 1.807) is 6.20 Å². The maximum atomic E-state index is 6.19. The highest BCUT2D eigenvalue weighted by Crippen LogP contribution is 2.32. The van der Waals surface area contributed by atoms with Crippen molar-refractivity contribution in [2.24, 2.45) is 5.73 Å². The highest BCUT2D eigenvalue weighted by Gasteiger charge is 2.21. The SMILES string of the molecule is NCCCCCCn1c(-c2nonc2N)nc2c(-c3cccc(Cl)c3)nccc21. The first-order chi connectivity index (χ1) is 14.2. The molecule has 0 radical (unpaired) electrons. The highest BCUT2D eigenvalue weighted by molar-refractivity contribution is 6.30. The fraction of sp³-hybridized carbons (Fsp3) is 0.300. The number of imidazole rings is 1. The van der Waals surface area contributed by atoms with Gasteiger partial charge in [-0.1, -0.05) is 36.6 Å². The predicted molar refractivity (Wildman–Crippen MR) is 113 cm³/mol. The maximum absolute atomic E-state index is 6.19. The molecule has 4 aromatic rings. The molecule has 0 bridgehead atoms. The molecule has 0 aliphatic carbocycles. The molecule has 0 atom stereocenters. The van der Waals surface area contributed by atoms with Crippen molar-refractivity contribution in [3.05, 3.63) is 41.6 Å². The van der Waals surface area contributed by atoms with Gasteiger partial charge in [-0.05, 0) is 47.9 Å². The smallest absolute Gasteiger partial charge is 0.199 e. The summed E-state index contributed by atoms with van der Waals surface area (Å²) < 4.78 is 6.91. The molecule has 1 aromatic carbocycles. The van der Waals surface area contributed by atoms with Crippen molar-refractivity contribution in [2.75, 3.05) is 12.3 Å². The Morgan fingerprint density at radius 3 is 2.66 bits per heavy atom. The zero-order valence-corrected chi connectivity index (χ0v) is 16.6. The van der Waals surface area contributed by atoms with Crippen molar-refractivity contribution < 1.29 is 4.63 Å². The molecular weight excluding hydrogens is 390 g/mol. The second-order valence-electron chi connectivity index (χ2n) is 6.83. The van der Waals surface area contributed by atoms with E-state index in [9.17, 15) is 0 Å². The minimum atomic E-state index is 0.210. The Morgan fingerprint density at radius 1 is 1.03 bits per heavy atom. The van der Waals surface area contributed by atoms with Gasteiger partial charge in [-0.2, -0.15) is 0 Å². The molecule has 150 valence electrons. The number of fused-ring (bicyclic) bond motifs is 1. The topological polar surface area (TPSA) is 122 Å². The average molecular weight is 412 g/mol. The number of pyridine rings is 1. The molecule has 3 heterocycles. The Hall–Kier alpha value is -2.97. The predicted octanol–water partition coefficient (Wildman–Crippen LogP) is 3.90. The monoisotopic (exact) mass is 411 g/mol. The lowest BCUT2D eigenvalue weighted by Crippen LogP contribution is -2.03. The summed E-state index contributed by atoms with van der Waals surface area (Å²) in [7, 11) is 0. The number of nitrogens with zero attached hydrogens (tertiary/aromatic N) is 5. The maximum Gasteiger partial charge on any atom is 0.199 e. The number of aryl methyl sites for hydroxylation is 1. The molecule has 4 rings (SSSR count). The van der Waals surface area contributed by atoms with Crippen LogP contribution in [0.15, 0.2) is 41.2 Å². The molecule has 29 heavy (non-hydrogen) atoms. The van der Waals surface area contributed by atoms with Gasteiger partial charge in [-0.15, -0.1) is 0 Å². The number of unbranched alkanes of at least 4 members (excludes halogenated alkanes) is 3. The van der Waals surface area contributed by atoms with E-state index in [0.717, 1.165) is 61.1 Å².